The summed E-state index contributed by atoms with van der Waals surface area (Å²) in [7, 11) is 0. The summed E-state index contributed by atoms with van der Waals surface area (Å²) in [6.07, 6.45) is 0.661. The summed E-state index contributed by atoms with van der Waals surface area (Å²) in [5, 5.41) is 2.78. The molecular weight excluding hydrogens is 230 g/mol. The van der Waals surface area contributed by atoms with Crippen molar-refractivity contribution in [2.75, 3.05) is 11.9 Å². The van der Waals surface area contributed by atoms with E-state index in [1.165, 1.54) is 0 Å². The highest BCUT2D eigenvalue weighted by Gasteiger charge is 2.29. The van der Waals surface area contributed by atoms with Crippen molar-refractivity contribution in [1.29, 1.82) is 0 Å². The Kier molecular flexibility index (Phi) is 4.44. The second kappa shape index (κ2) is 5.64. The van der Waals surface area contributed by atoms with Crippen LogP contribution in [0.3, 0.4) is 0 Å². The molecule has 1 unspecified atom stereocenters. The minimum Gasteiger partial charge on any atom is -0.366 e. The first-order valence-corrected chi connectivity index (χ1v) is 5.84. The molecule has 0 aliphatic rings. The Morgan fingerprint density at radius 1 is 1.28 bits per heavy atom. The van der Waals surface area contributed by atoms with Crippen LogP contribution < -0.4 is 16.8 Å². The number of hydrogen-bond acceptors (Lipinski definition) is 3. The molecule has 1 aromatic carbocycles. The third-order valence-corrected chi connectivity index (χ3v) is 3.21. The van der Waals surface area contributed by atoms with Gasteiger partial charge >= 0.3 is 0 Å². The lowest BCUT2D eigenvalue weighted by Crippen LogP contribution is -2.39. The van der Waals surface area contributed by atoms with E-state index in [0.717, 1.165) is 0 Å². The second-order valence-electron chi connectivity index (χ2n) is 4.51. The monoisotopic (exact) mass is 249 g/mol. The zero-order chi connectivity index (χ0) is 13.8. The second-order valence-corrected chi connectivity index (χ2v) is 4.51. The van der Waals surface area contributed by atoms with E-state index in [4.69, 9.17) is 11.5 Å². The zero-order valence-corrected chi connectivity index (χ0v) is 10.7. The van der Waals surface area contributed by atoms with Crippen LogP contribution in [0.2, 0.25) is 0 Å². The number of amides is 2. The Morgan fingerprint density at radius 2 is 1.83 bits per heavy atom. The molecule has 0 saturated heterocycles. The fourth-order valence-electron chi connectivity index (χ4n) is 1.40. The maximum atomic E-state index is 12.0. The number of primary amides is 1. The van der Waals surface area contributed by atoms with Gasteiger partial charge in [0.05, 0.1) is 5.41 Å². The van der Waals surface area contributed by atoms with E-state index in [9.17, 15) is 9.59 Å². The predicted octanol–water partition coefficient (Wildman–Crippen LogP) is 1.10. The molecule has 5 heteroatoms. The summed E-state index contributed by atoms with van der Waals surface area (Å²) in [5.41, 5.74) is 11.2. The SMILES string of the molecule is CCC(C)(CN)C(=O)Nc1ccc(C(N)=O)cc1. The fourth-order valence-corrected chi connectivity index (χ4v) is 1.40. The van der Waals surface area contributed by atoms with Crippen molar-refractivity contribution in [3.8, 4) is 0 Å². The molecule has 0 radical (unpaired) electrons. The number of nitrogens with one attached hydrogen (secondary N) is 1. The molecule has 18 heavy (non-hydrogen) atoms. The number of anilines is 1. The van der Waals surface area contributed by atoms with Crippen molar-refractivity contribution in [2.45, 2.75) is 20.3 Å². The summed E-state index contributed by atoms with van der Waals surface area (Å²) < 4.78 is 0. The average molecular weight is 249 g/mol. The van der Waals surface area contributed by atoms with Gasteiger partial charge in [-0.25, -0.2) is 0 Å². The highest BCUT2D eigenvalue weighted by molar-refractivity contribution is 5.96. The number of hydrogen-bond donors (Lipinski definition) is 3. The minimum absolute atomic E-state index is 0.126. The lowest BCUT2D eigenvalue weighted by Gasteiger charge is -2.24. The van der Waals surface area contributed by atoms with Crippen LogP contribution in [0.1, 0.15) is 30.6 Å². The third kappa shape index (κ3) is 3.07. The van der Waals surface area contributed by atoms with Crippen LogP contribution in [-0.2, 0) is 4.79 Å². The van der Waals surface area contributed by atoms with Crippen LogP contribution in [0.4, 0.5) is 5.69 Å². The van der Waals surface area contributed by atoms with Crippen molar-refractivity contribution in [1.82, 2.24) is 0 Å². The van der Waals surface area contributed by atoms with Gasteiger partial charge in [0.1, 0.15) is 0 Å². The topological polar surface area (TPSA) is 98.2 Å². The summed E-state index contributed by atoms with van der Waals surface area (Å²) in [4.78, 5) is 22.9. The highest BCUT2D eigenvalue weighted by atomic mass is 16.2. The van der Waals surface area contributed by atoms with Gasteiger partial charge in [-0.15, -0.1) is 0 Å². The molecule has 5 N–H and O–H groups in total. The van der Waals surface area contributed by atoms with Crippen LogP contribution in [-0.4, -0.2) is 18.4 Å². The van der Waals surface area contributed by atoms with E-state index < -0.39 is 11.3 Å². The summed E-state index contributed by atoms with van der Waals surface area (Å²) >= 11 is 0. The van der Waals surface area contributed by atoms with Crippen molar-refractivity contribution in [3.63, 3.8) is 0 Å². The average Bonchev–Trinajstić information content (AvgIpc) is 2.38. The number of rotatable bonds is 5. The number of benzene rings is 1. The van der Waals surface area contributed by atoms with Gasteiger partial charge in [0.15, 0.2) is 0 Å². The Bertz CT molecular complexity index is 436. The van der Waals surface area contributed by atoms with Crippen LogP contribution >= 0.6 is 0 Å². The standard InChI is InChI=1S/C13H19N3O2/c1-3-13(2,8-14)12(18)16-10-6-4-9(5-7-10)11(15)17/h4-7H,3,8,14H2,1-2H3,(H2,15,17)(H,16,18). The first-order chi connectivity index (χ1) is 8.42. The largest absolute Gasteiger partial charge is 0.366 e. The maximum Gasteiger partial charge on any atom is 0.248 e. The summed E-state index contributed by atoms with van der Waals surface area (Å²) in [6, 6.07) is 6.43. The van der Waals surface area contributed by atoms with E-state index in [2.05, 4.69) is 5.32 Å². The Hall–Kier alpha value is -1.88. The van der Waals surface area contributed by atoms with Gasteiger partial charge in [-0.3, -0.25) is 9.59 Å². The smallest absolute Gasteiger partial charge is 0.248 e. The molecular formula is C13H19N3O2. The van der Waals surface area contributed by atoms with Gasteiger partial charge < -0.3 is 16.8 Å². The minimum atomic E-state index is -0.581. The van der Waals surface area contributed by atoms with Gasteiger partial charge in [-0.2, -0.15) is 0 Å². The quantitative estimate of drug-likeness (QED) is 0.728. The highest BCUT2D eigenvalue weighted by Crippen LogP contribution is 2.22. The van der Waals surface area contributed by atoms with Gasteiger partial charge in [-0.05, 0) is 37.6 Å². The fraction of sp³-hybridized carbons (Fsp3) is 0.385. The number of carbonyl (C=O) groups excluding carboxylic acids is 2. The van der Waals surface area contributed by atoms with E-state index in [0.29, 0.717) is 17.7 Å². The van der Waals surface area contributed by atoms with Crippen LogP contribution in [0.15, 0.2) is 24.3 Å². The number of nitrogens with two attached hydrogens (primary N) is 2. The molecule has 2 amide bonds. The molecule has 0 bridgehead atoms. The molecule has 1 rings (SSSR count). The van der Waals surface area contributed by atoms with Gasteiger partial charge in [0.25, 0.3) is 0 Å². The first-order valence-electron chi connectivity index (χ1n) is 5.84. The van der Waals surface area contributed by atoms with Crippen molar-refractivity contribution in [3.05, 3.63) is 29.8 Å². The molecule has 5 nitrogen and oxygen atoms in total. The Labute approximate surface area is 107 Å². The maximum absolute atomic E-state index is 12.0. The van der Waals surface area contributed by atoms with Crippen LogP contribution in [0, 0.1) is 5.41 Å². The molecule has 0 fully saturated rings. The lowest BCUT2D eigenvalue weighted by atomic mass is 9.86. The molecule has 1 aromatic rings. The zero-order valence-electron chi connectivity index (χ0n) is 10.7. The van der Waals surface area contributed by atoms with Crippen LogP contribution in [0.25, 0.3) is 0 Å². The van der Waals surface area contributed by atoms with E-state index in [1.54, 1.807) is 24.3 Å². The molecule has 0 heterocycles. The summed E-state index contributed by atoms with van der Waals surface area (Å²) in [6.45, 7) is 4.03. The molecule has 0 aromatic heterocycles. The van der Waals surface area contributed by atoms with E-state index in [-0.39, 0.29) is 12.5 Å². The predicted molar refractivity (Wildman–Crippen MR) is 71.0 cm³/mol. The molecule has 98 valence electrons. The molecule has 0 saturated carbocycles. The first kappa shape index (κ1) is 14.2. The van der Waals surface area contributed by atoms with Crippen molar-refractivity contribution < 1.29 is 9.59 Å². The Morgan fingerprint density at radius 3 is 2.22 bits per heavy atom. The molecule has 0 aliphatic heterocycles. The van der Waals surface area contributed by atoms with Gasteiger partial charge in [0, 0.05) is 17.8 Å². The number of carbonyl (C=O) groups is 2. The van der Waals surface area contributed by atoms with Crippen molar-refractivity contribution >= 4 is 17.5 Å². The third-order valence-electron chi connectivity index (χ3n) is 3.21. The lowest BCUT2D eigenvalue weighted by molar-refractivity contribution is -0.124. The summed E-state index contributed by atoms with van der Waals surface area (Å²) in [5.74, 6) is -0.618. The van der Waals surface area contributed by atoms with Gasteiger partial charge in [0.2, 0.25) is 11.8 Å². The van der Waals surface area contributed by atoms with E-state index in [1.807, 2.05) is 13.8 Å². The molecule has 0 spiro atoms. The Balaban J connectivity index is 2.79. The van der Waals surface area contributed by atoms with Crippen LogP contribution in [0.5, 0.6) is 0 Å². The molecule has 0 aliphatic carbocycles. The molecule has 1 atom stereocenters. The van der Waals surface area contributed by atoms with Gasteiger partial charge in [-0.1, -0.05) is 6.92 Å². The normalized spacial score (nSPS) is 13.7. The van der Waals surface area contributed by atoms with Crippen molar-refractivity contribution in [2.24, 2.45) is 16.9 Å². The van der Waals surface area contributed by atoms with E-state index >= 15 is 0 Å².